The number of amides is 1. The van der Waals surface area contributed by atoms with Crippen molar-refractivity contribution < 1.29 is 4.79 Å². The number of aromatic amines is 1. The van der Waals surface area contributed by atoms with Crippen LogP contribution in [-0.2, 0) is 4.79 Å². The summed E-state index contributed by atoms with van der Waals surface area (Å²) in [5.41, 5.74) is 7.71. The normalized spacial score (nSPS) is 10.9. The molecule has 1 amide bonds. The van der Waals surface area contributed by atoms with Crippen LogP contribution in [0.25, 0.3) is 33.5 Å². The molecule has 134 valence electrons. The van der Waals surface area contributed by atoms with Gasteiger partial charge in [-0.25, -0.2) is 4.98 Å². The van der Waals surface area contributed by atoms with E-state index in [-0.39, 0.29) is 5.91 Å². The maximum atomic E-state index is 11.3. The number of aryl methyl sites for hydroxylation is 2. The summed E-state index contributed by atoms with van der Waals surface area (Å²) in [7, 11) is 0. The number of aromatic nitrogens is 3. The van der Waals surface area contributed by atoms with Gasteiger partial charge in [-0.3, -0.25) is 9.89 Å². The number of nitrogens with one attached hydrogen (secondary N) is 2. The van der Waals surface area contributed by atoms with Gasteiger partial charge in [-0.2, -0.15) is 5.10 Å². The summed E-state index contributed by atoms with van der Waals surface area (Å²) in [6.07, 6.45) is 0. The van der Waals surface area contributed by atoms with Crippen molar-refractivity contribution in [3.63, 3.8) is 0 Å². The number of H-pyrrole nitrogens is 1. The van der Waals surface area contributed by atoms with Crippen molar-refractivity contribution in [2.24, 2.45) is 0 Å². The van der Waals surface area contributed by atoms with Crippen LogP contribution in [0, 0.1) is 13.8 Å². The minimum absolute atomic E-state index is 0.0963. The van der Waals surface area contributed by atoms with Gasteiger partial charge in [-0.15, -0.1) is 0 Å². The predicted octanol–water partition coefficient (Wildman–Crippen LogP) is 4.87. The van der Waals surface area contributed by atoms with Crippen molar-refractivity contribution in [1.82, 2.24) is 15.2 Å². The molecule has 0 spiro atoms. The van der Waals surface area contributed by atoms with Gasteiger partial charge in [0.25, 0.3) is 0 Å². The van der Waals surface area contributed by atoms with Crippen molar-refractivity contribution >= 4 is 22.6 Å². The molecule has 0 saturated carbocycles. The third-order valence-electron chi connectivity index (χ3n) is 4.55. The topological polar surface area (TPSA) is 70.7 Å². The van der Waals surface area contributed by atoms with Crippen LogP contribution in [0.3, 0.4) is 0 Å². The highest BCUT2D eigenvalue weighted by Gasteiger charge is 2.12. The summed E-state index contributed by atoms with van der Waals surface area (Å²) in [5, 5.41) is 11.3. The molecule has 4 rings (SSSR count). The Morgan fingerprint density at radius 1 is 1.04 bits per heavy atom. The Balaban J connectivity index is 1.76. The summed E-state index contributed by atoms with van der Waals surface area (Å²) < 4.78 is 0. The molecule has 2 aromatic heterocycles. The lowest BCUT2D eigenvalue weighted by molar-refractivity contribution is -0.114. The second kappa shape index (κ2) is 6.68. The smallest absolute Gasteiger partial charge is 0.221 e. The Morgan fingerprint density at radius 2 is 1.89 bits per heavy atom. The van der Waals surface area contributed by atoms with Crippen LogP contribution in [0.5, 0.6) is 0 Å². The Labute approximate surface area is 157 Å². The number of hydrogen-bond acceptors (Lipinski definition) is 3. The quantitative estimate of drug-likeness (QED) is 0.550. The van der Waals surface area contributed by atoms with Gasteiger partial charge in [0.1, 0.15) is 0 Å². The molecule has 2 aromatic carbocycles. The van der Waals surface area contributed by atoms with Crippen LogP contribution in [-0.4, -0.2) is 21.1 Å². The standard InChI is InChI=1S/C22H20N4O/c1-13-7-8-18(14(2)11-13)21-19-9-10-20(24-22(19)26-25-21)16-5-4-6-17(12-16)23-15(3)27/h4-12H,1-3H3,(H,23,27)(H,24,25,26). The van der Waals surface area contributed by atoms with Gasteiger partial charge in [0, 0.05) is 29.1 Å². The van der Waals surface area contributed by atoms with E-state index in [1.54, 1.807) is 0 Å². The van der Waals surface area contributed by atoms with E-state index in [1.807, 2.05) is 36.4 Å². The molecule has 0 aliphatic carbocycles. The summed E-state index contributed by atoms with van der Waals surface area (Å²) >= 11 is 0. The van der Waals surface area contributed by atoms with Crippen molar-refractivity contribution in [3.05, 3.63) is 65.7 Å². The molecule has 2 heterocycles. The predicted molar refractivity (Wildman–Crippen MR) is 109 cm³/mol. The maximum Gasteiger partial charge on any atom is 0.221 e. The van der Waals surface area contributed by atoms with Crippen LogP contribution in [0.15, 0.2) is 54.6 Å². The number of carbonyl (C=O) groups is 1. The second-order valence-electron chi connectivity index (χ2n) is 6.75. The van der Waals surface area contributed by atoms with E-state index in [4.69, 9.17) is 4.98 Å². The molecular weight excluding hydrogens is 336 g/mol. The highest BCUT2D eigenvalue weighted by atomic mass is 16.1. The van der Waals surface area contributed by atoms with Crippen LogP contribution >= 0.6 is 0 Å². The lowest BCUT2D eigenvalue weighted by Crippen LogP contribution is -2.05. The van der Waals surface area contributed by atoms with E-state index in [9.17, 15) is 4.79 Å². The number of nitrogens with zero attached hydrogens (tertiary/aromatic N) is 2. The summed E-state index contributed by atoms with van der Waals surface area (Å²) in [5.74, 6) is -0.0963. The number of anilines is 1. The van der Waals surface area contributed by atoms with Crippen LogP contribution in [0.2, 0.25) is 0 Å². The van der Waals surface area contributed by atoms with Gasteiger partial charge >= 0.3 is 0 Å². The van der Waals surface area contributed by atoms with Gasteiger partial charge in [-0.1, -0.05) is 35.9 Å². The van der Waals surface area contributed by atoms with Gasteiger partial charge in [-0.05, 0) is 43.7 Å². The monoisotopic (exact) mass is 356 g/mol. The molecule has 2 N–H and O–H groups in total. The first-order chi connectivity index (χ1) is 13.0. The lowest BCUT2D eigenvalue weighted by Gasteiger charge is -2.07. The molecule has 0 aliphatic heterocycles. The fraction of sp³-hybridized carbons (Fsp3) is 0.136. The fourth-order valence-corrected chi connectivity index (χ4v) is 3.32. The van der Waals surface area contributed by atoms with E-state index < -0.39 is 0 Å². The largest absolute Gasteiger partial charge is 0.326 e. The number of pyridine rings is 1. The van der Waals surface area contributed by atoms with Crippen LogP contribution in [0.4, 0.5) is 5.69 Å². The minimum atomic E-state index is -0.0963. The van der Waals surface area contributed by atoms with Crippen LogP contribution in [0.1, 0.15) is 18.1 Å². The van der Waals surface area contributed by atoms with Crippen molar-refractivity contribution in [3.8, 4) is 22.5 Å². The molecule has 0 atom stereocenters. The molecule has 0 bridgehead atoms. The summed E-state index contributed by atoms with van der Waals surface area (Å²) in [6.45, 7) is 5.68. The molecule has 0 fully saturated rings. The van der Waals surface area contributed by atoms with Gasteiger partial charge in [0.15, 0.2) is 5.65 Å². The van der Waals surface area contributed by atoms with E-state index in [0.29, 0.717) is 5.65 Å². The minimum Gasteiger partial charge on any atom is -0.326 e. The Bertz CT molecular complexity index is 1160. The third-order valence-corrected chi connectivity index (χ3v) is 4.55. The van der Waals surface area contributed by atoms with Crippen molar-refractivity contribution in [2.45, 2.75) is 20.8 Å². The molecule has 27 heavy (non-hydrogen) atoms. The molecular formula is C22H20N4O. The zero-order valence-electron chi connectivity index (χ0n) is 15.5. The highest BCUT2D eigenvalue weighted by Crippen LogP contribution is 2.30. The number of rotatable bonds is 3. The summed E-state index contributed by atoms with van der Waals surface area (Å²) in [4.78, 5) is 16.0. The SMILES string of the molecule is CC(=O)Nc1cccc(-c2ccc3c(-c4ccc(C)cc4C)[nH]nc3n2)c1. The second-order valence-corrected chi connectivity index (χ2v) is 6.75. The molecule has 0 aliphatic rings. The lowest BCUT2D eigenvalue weighted by atomic mass is 10.0. The molecule has 0 saturated heterocycles. The Kier molecular flexibility index (Phi) is 4.20. The molecule has 5 heteroatoms. The molecule has 0 unspecified atom stereocenters. The number of benzene rings is 2. The van der Waals surface area contributed by atoms with Crippen molar-refractivity contribution in [1.29, 1.82) is 0 Å². The average molecular weight is 356 g/mol. The zero-order chi connectivity index (χ0) is 19.0. The summed E-state index contributed by atoms with van der Waals surface area (Å²) in [6, 6.07) is 18.0. The molecule has 4 aromatic rings. The number of fused-ring (bicyclic) bond motifs is 1. The Hall–Kier alpha value is -3.47. The highest BCUT2D eigenvalue weighted by molar-refractivity contribution is 5.93. The van der Waals surface area contributed by atoms with E-state index in [2.05, 4.69) is 47.6 Å². The average Bonchev–Trinajstić information content (AvgIpc) is 3.04. The third kappa shape index (κ3) is 3.31. The first kappa shape index (κ1) is 17.0. The fourth-order valence-electron chi connectivity index (χ4n) is 3.32. The molecule has 0 radical (unpaired) electrons. The van der Waals surface area contributed by atoms with Gasteiger partial charge in [0.05, 0.1) is 11.4 Å². The number of carbonyl (C=O) groups excluding carboxylic acids is 1. The van der Waals surface area contributed by atoms with E-state index in [0.717, 1.165) is 33.6 Å². The van der Waals surface area contributed by atoms with Gasteiger partial charge < -0.3 is 5.32 Å². The van der Waals surface area contributed by atoms with Crippen LogP contribution < -0.4 is 5.32 Å². The van der Waals surface area contributed by atoms with E-state index >= 15 is 0 Å². The van der Waals surface area contributed by atoms with E-state index in [1.165, 1.54) is 18.1 Å². The first-order valence-corrected chi connectivity index (χ1v) is 8.82. The first-order valence-electron chi connectivity index (χ1n) is 8.82. The molecule has 5 nitrogen and oxygen atoms in total. The van der Waals surface area contributed by atoms with Crippen molar-refractivity contribution in [2.75, 3.05) is 5.32 Å². The maximum absolute atomic E-state index is 11.3. The Morgan fingerprint density at radius 3 is 2.67 bits per heavy atom. The zero-order valence-corrected chi connectivity index (χ0v) is 15.5. The van der Waals surface area contributed by atoms with Gasteiger partial charge in [0.2, 0.25) is 5.91 Å². The number of hydrogen-bond donors (Lipinski definition) is 2.